The molecule has 0 aliphatic carbocycles. The van der Waals surface area contributed by atoms with Crippen molar-refractivity contribution in [2.75, 3.05) is 33.0 Å². The highest BCUT2D eigenvalue weighted by molar-refractivity contribution is 9.10. The summed E-state index contributed by atoms with van der Waals surface area (Å²) >= 11 is 3.57. The number of halogens is 1. The molecule has 0 saturated carbocycles. The van der Waals surface area contributed by atoms with Crippen LogP contribution in [0.3, 0.4) is 0 Å². The van der Waals surface area contributed by atoms with Crippen LogP contribution in [0.4, 0.5) is 0 Å². The molecule has 0 heterocycles. The van der Waals surface area contributed by atoms with E-state index in [1.807, 2.05) is 27.7 Å². The van der Waals surface area contributed by atoms with E-state index >= 15 is 0 Å². The first kappa shape index (κ1) is 16.5. The Labute approximate surface area is 108 Å². The second kappa shape index (κ2) is 9.56. The lowest BCUT2D eigenvalue weighted by Gasteiger charge is -2.32. The summed E-state index contributed by atoms with van der Waals surface area (Å²) in [4.78, 5) is 0. The molecule has 0 radical (unpaired) electrons. The number of hydrogen-bond acceptors (Lipinski definition) is 4. The summed E-state index contributed by atoms with van der Waals surface area (Å²) in [6, 6.07) is 0. The van der Waals surface area contributed by atoms with Gasteiger partial charge in [0, 0.05) is 26.4 Å². The Morgan fingerprint density at radius 1 is 0.875 bits per heavy atom. The molecule has 0 saturated heterocycles. The van der Waals surface area contributed by atoms with E-state index < -0.39 is 8.80 Å². The summed E-state index contributed by atoms with van der Waals surface area (Å²) in [5, 5.41) is 0. The quantitative estimate of drug-likeness (QED) is 0.458. The minimum absolute atomic E-state index is 0.0141. The van der Waals surface area contributed by atoms with Crippen LogP contribution in [0.15, 0.2) is 0 Å². The van der Waals surface area contributed by atoms with Crippen molar-refractivity contribution in [3.8, 4) is 0 Å². The first-order valence-corrected chi connectivity index (χ1v) is 8.52. The second-order valence-electron chi connectivity index (χ2n) is 3.03. The number of rotatable bonds is 10. The molecule has 16 heavy (non-hydrogen) atoms. The average molecular weight is 315 g/mol. The average Bonchev–Trinajstić information content (AvgIpc) is 2.26. The number of hydrogen-bond donors (Lipinski definition) is 0. The molecule has 0 spiro atoms. The minimum atomic E-state index is -2.64. The van der Waals surface area contributed by atoms with Gasteiger partial charge in [-0.1, -0.05) is 15.9 Å². The van der Waals surface area contributed by atoms with Gasteiger partial charge in [0.2, 0.25) is 0 Å². The first-order chi connectivity index (χ1) is 7.66. The van der Waals surface area contributed by atoms with Crippen molar-refractivity contribution in [1.82, 2.24) is 0 Å². The van der Waals surface area contributed by atoms with E-state index in [2.05, 4.69) is 15.9 Å². The van der Waals surface area contributed by atoms with E-state index in [1.165, 1.54) is 0 Å². The van der Waals surface area contributed by atoms with Gasteiger partial charge in [0.25, 0.3) is 0 Å². The van der Waals surface area contributed by atoms with Crippen LogP contribution < -0.4 is 0 Å². The van der Waals surface area contributed by atoms with Crippen molar-refractivity contribution in [3.05, 3.63) is 0 Å². The third kappa shape index (κ3) is 5.24. The van der Waals surface area contributed by atoms with Gasteiger partial charge in [0.15, 0.2) is 0 Å². The van der Waals surface area contributed by atoms with Crippen molar-refractivity contribution < 1.29 is 18.0 Å². The molecular weight excluding hydrogens is 292 g/mol. The maximum Gasteiger partial charge on any atom is 0.517 e. The zero-order valence-electron chi connectivity index (χ0n) is 10.6. The van der Waals surface area contributed by atoms with Gasteiger partial charge in [0.1, 0.15) is 4.45 Å². The third-order valence-corrected chi connectivity index (χ3v) is 6.84. The van der Waals surface area contributed by atoms with Crippen LogP contribution in [-0.4, -0.2) is 46.3 Å². The van der Waals surface area contributed by atoms with E-state index in [0.29, 0.717) is 33.0 Å². The van der Waals surface area contributed by atoms with Gasteiger partial charge in [-0.3, -0.25) is 0 Å². The zero-order chi connectivity index (χ0) is 12.4. The fourth-order valence-corrected chi connectivity index (χ4v) is 5.02. The smallest absolute Gasteiger partial charge is 0.381 e. The summed E-state index contributed by atoms with van der Waals surface area (Å²) in [5.41, 5.74) is 0. The fraction of sp³-hybridized carbons (Fsp3) is 1.00. The van der Waals surface area contributed by atoms with Gasteiger partial charge in [0.05, 0.1) is 6.61 Å². The Bertz CT molecular complexity index is 154. The highest BCUT2D eigenvalue weighted by Gasteiger charge is 2.48. The lowest BCUT2D eigenvalue weighted by Crippen LogP contribution is -2.55. The number of alkyl halides is 1. The molecule has 0 N–H and O–H groups in total. The Balaban J connectivity index is 4.54. The lowest BCUT2D eigenvalue weighted by atomic mass is 10.8. The first-order valence-electron chi connectivity index (χ1n) is 5.80. The van der Waals surface area contributed by atoms with Gasteiger partial charge in [-0.25, -0.2) is 0 Å². The number of ether oxygens (including phenoxy) is 1. The molecule has 1 unspecified atom stereocenters. The molecule has 0 aromatic heterocycles. The van der Waals surface area contributed by atoms with Crippen LogP contribution in [-0.2, 0) is 18.0 Å². The normalized spacial score (nSPS) is 14.1. The molecule has 0 amide bonds. The van der Waals surface area contributed by atoms with E-state index in [1.54, 1.807) is 0 Å². The SMILES string of the molecule is CCOCC(Br)[Si](OCC)(OCC)OCC. The summed E-state index contributed by atoms with van der Waals surface area (Å²) in [7, 11) is -2.64. The highest BCUT2D eigenvalue weighted by Crippen LogP contribution is 2.22. The van der Waals surface area contributed by atoms with E-state index in [4.69, 9.17) is 18.0 Å². The van der Waals surface area contributed by atoms with E-state index in [0.717, 1.165) is 0 Å². The maximum atomic E-state index is 5.74. The molecule has 0 aliphatic rings. The predicted octanol–water partition coefficient (Wildman–Crippen LogP) is 2.37. The molecule has 0 fully saturated rings. The van der Waals surface area contributed by atoms with Gasteiger partial charge >= 0.3 is 8.80 Å². The highest BCUT2D eigenvalue weighted by atomic mass is 79.9. The molecular formula is C10H23BrO4Si. The van der Waals surface area contributed by atoms with Crippen LogP contribution >= 0.6 is 15.9 Å². The van der Waals surface area contributed by atoms with E-state index in [9.17, 15) is 0 Å². The molecule has 98 valence electrons. The van der Waals surface area contributed by atoms with Crippen molar-refractivity contribution in [2.45, 2.75) is 32.1 Å². The van der Waals surface area contributed by atoms with E-state index in [-0.39, 0.29) is 4.45 Å². The van der Waals surface area contributed by atoms with Crippen LogP contribution in [0, 0.1) is 0 Å². The van der Waals surface area contributed by atoms with Crippen molar-refractivity contribution in [1.29, 1.82) is 0 Å². The largest absolute Gasteiger partial charge is 0.517 e. The molecule has 1 atom stereocenters. The summed E-state index contributed by atoms with van der Waals surface area (Å²) in [5.74, 6) is 0. The Hall–Kier alpha value is 0.537. The summed E-state index contributed by atoms with van der Waals surface area (Å²) in [6.07, 6.45) is 0. The second-order valence-corrected chi connectivity index (χ2v) is 7.75. The molecule has 0 aliphatic heterocycles. The van der Waals surface area contributed by atoms with Gasteiger partial charge < -0.3 is 18.0 Å². The Kier molecular flexibility index (Phi) is 9.88. The lowest BCUT2D eigenvalue weighted by molar-refractivity contribution is 0.0571. The van der Waals surface area contributed by atoms with Crippen LogP contribution in [0.25, 0.3) is 0 Å². The molecule has 0 aromatic carbocycles. The third-order valence-electron chi connectivity index (χ3n) is 1.89. The predicted molar refractivity (Wildman–Crippen MR) is 69.8 cm³/mol. The van der Waals surface area contributed by atoms with Gasteiger partial charge in [-0.05, 0) is 27.7 Å². The van der Waals surface area contributed by atoms with Crippen LogP contribution in [0.1, 0.15) is 27.7 Å². The van der Waals surface area contributed by atoms with Crippen molar-refractivity contribution in [2.24, 2.45) is 0 Å². The van der Waals surface area contributed by atoms with Crippen molar-refractivity contribution >= 4 is 24.7 Å². The maximum absolute atomic E-state index is 5.74. The standard InChI is InChI=1S/C10H23BrO4Si/c1-5-12-9-10(11)16(13-6-2,14-7-3)15-8-4/h10H,5-9H2,1-4H3. The van der Waals surface area contributed by atoms with Gasteiger partial charge in [-0.2, -0.15) is 0 Å². The Morgan fingerprint density at radius 3 is 1.62 bits per heavy atom. The minimum Gasteiger partial charge on any atom is -0.381 e. The molecule has 0 rings (SSSR count). The molecule has 6 heteroatoms. The topological polar surface area (TPSA) is 36.9 Å². The molecule has 4 nitrogen and oxygen atoms in total. The zero-order valence-corrected chi connectivity index (χ0v) is 13.2. The van der Waals surface area contributed by atoms with Crippen LogP contribution in [0.5, 0.6) is 0 Å². The monoisotopic (exact) mass is 314 g/mol. The van der Waals surface area contributed by atoms with Gasteiger partial charge in [-0.15, -0.1) is 0 Å². The molecule has 0 bridgehead atoms. The summed E-state index contributed by atoms with van der Waals surface area (Å²) < 4.78 is 22.6. The molecule has 0 aromatic rings. The summed E-state index contributed by atoms with van der Waals surface area (Å²) in [6.45, 7) is 10.8. The van der Waals surface area contributed by atoms with Crippen molar-refractivity contribution in [3.63, 3.8) is 0 Å². The Morgan fingerprint density at radius 2 is 1.31 bits per heavy atom. The fourth-order valence-electron chi connectivity index (χ4n) is 1.32. The van der Waals surface area contributed by atoms with Crippen LogP contribution in [0.2, 0.25) is 0 Å².